The van der Waals surface area contributed by atoms with Crippen LogP contribution in [0.2, 0.25) is 0 Å². The van der Waals surface area contributed by atoms with Gasteiger partial charge in [-0.25, -0.2) is 17.2 Å². The Kier molecular flexibility index (Phi) is 6.35. The van der Waals surface area contributed by atoms with Gasteiger partial charge in [0.15, 0.2) is 17.7 Å². The van der Waals surface area contributed by atoms with E-state index in [9.17, 15) is 26.8 Å². The highest BCUT2D eigenvalue weighted by Gasteiger charge is 2.33. The van der Waals surface area contributed by atoms with Crippen LogP contribution in [0.5, 0.6) is 5.75 Å². The maximum atomic E-state index is 13.5. The highest BCUT2D eigenvalue weighted by Crippen LogP contribution is 2.33. The number of carbonyl (C=O) groups excluding carboxylic acids is 2. The minimum absolute atomic E-state index is 0.0312. The third kappa shape index (κ3) is 4.55. The van der Waals surface area contributed by atoms with Crippen LogP contribution in [0, 0.1) is 11.6 Å². The Morgan fingerprint density at radius 3 is 2.45 bits per heavy atom. The molecule has 2 aromatic carbocycles. The number of anilines is 1. The summed E-state index contributed by atoms with van der Waals surface area (Å²) < 4.78 is 58.8. The number of fused-ring (bicyclic) bond motifs is 1. The molecule has 2 aliphatic heterocycles. The van der Waals surface area contributed by atoms with Crippen LogP contribution in [0.25, 0.3) is 0 Å². The van der Waals surface area contributed by atoms with Gasteiger partial charge in [-0.2, -0.15) is 4.31 Å². The molecule has 0 aliphatic carbocycles. The van der Waals surface area contributed by atoms with Crippen molar-refractivity contribution in [2.24, 2.45) is 0 Å². The fourth-order valence-corrected chi connectivity index (χ4v) is 5.35. The quantitative estimate of drug-likeness (QED) is 0.655. The number of sulfonamides is 1. The second-order valence-electron chi connectivity index (χ2n) is 7.83. The number of nitrogens with zero attached hydrogens (tertiary/aromatic N) is 3. The van der Waals surface area contributed by atoms with Gasteiger partial charge in [0.25, 0.3) is 5.91 Å². The predicted molar refractivity (Wildman–Crippen MR) is 115 cm³/mol. The molecule has 0 bridgehead atoms. The normalized spacial score (nSPS) is 19.2. The van der Waals surface area contributed by atoms with Crippen molar-refractivity contribution in [2.75, 3.05) is 37.6 Å². The van der Waals surface area contributed by atoms with E-state index in [0.29, 0.717) is 17.5 Å². The molecule has 0 spiro atoms. The largest absolute Gasteiger partial charge is 0.479 e. The second-order valence-corrected chi connectivity index (χ2v) is 9.77. The third-order valence-corrected chi connectivity index (χ3v) is 7.64. The molecule has 2 amide bonds. The van der Waals surface area contributed by atoms with Crippen molar-refractivity contribution in [1.29, 1.82) is 0 Å². The number of halogens is 2. The summed E-state index contributed by atoms with van der Waals surface area (Å²) in [5, 5.41) is 0. The van der Waals surface area contributed by atoms with E-state index in [0.717, 1.165) is 16.4 Å². The lowest BCUT2D eigenvalue weighted by atomic mass is 10.1. The molecule has 1 fully saturated rings. The average molecular weight is 480 g/mol. The van der Waals surface area contributed by atoms with Crippen LogP contribution in [0.1, 0.15) is 13.3 Å². The number of benzene rings is 2. The van der Waals surface area contributed by atoms with Crippen LogP contribution in [-0.4, -0.2) is 68.3 Å². The molecule has 2 aliphatic rings. The Bertz CT molecular complexity index is 1180. The smallest absolute Gasteiger partial charge is 0.267 e. The van der Waals surface area contributed by atoms with E-state index >= 15 is 0 Å². The Morgan fingerprint density at radius 2 is 1.76 bits per heavy atom. The van der Waals surface area contributed by atoms with Crippen LogP contribution < -0.4 is 9.64 Å². The van der Waals surface area contributed by atoms with Crippen LogP contribution in [0.4, 0.5) is 14.5 Å². The standard InChI is InChI=1S/C22H23F2N3O5S/c1-15-22(29)27(19-4-2-3-5-20(19)32-15)9-8-21(28)25-10-12-26(13-11-25)33(30,31)16-6-7-17(23)18(24)14-16/h2-7,14-15H,8-13H2,1H3. The maximum absolute atomic E-state index is 13.5. The summed E-state index contributed by atoms with van der Waals surface area (Å²) in [7, 11) is -4.00. The Hall–Kier alpha value is -3.05. The molecule has 1 saturated heterocycles. The van der Waals surface area contributed by atoms with Gasteiger partial charge in [-0.1, -0.05) is 12.1 Å². The SMILES string of the molecule is CC1Oc2ccccc2N(CCC(=O)N2CCN(S(=O)(=O)c3ccc(F)c(F)c3)CC2)C1=O. The first-order chi connectivity index (χ1) is 15.7. The molecule has 2 aromatic rings. The van der Waals surface area contributed by atoms with Gasteiger partial charge >= 0.3 is 0 Å². The highest BCUT2D eigenvalue weighted by atomic mass is 32.2. The van der Waals surface area contributed by atoms with Gasteiger partial charge in [0, 0.05) is 39.1 Å². The molecule has 0 saturated carbocycles. The molecule has 1 atom stereocenters. The maximum Gasteiger partial charge on any atom is 0.267 e. The topological polar surface area (TPSA) is 87.2 Å². The number of hydrogen-bond acceptors (Lipinski definition) is 5. The van der Waals surface area contributed by atoms with Crippen molar-refractivity contribution in [1.82, 2.24) is 9.21 Å². The van der Waals surface area contributed by atoms with E-state index < -0.39 is 27.8 Å². The molecular formula is C22H23F2N3O5S. The van der Waals surface area contributed by atoms with Gasteiger partial charge in [-0.3, -0.25) is 9.59 Å². The summed E-state index contributed by atoms with van der Waals surface area (Å²) in [6.45, 7) is 2.21. The van der Waals surface area contributed by atoms with Crippen LogP contribution in [0.3, 0.4) is 0 Å². The Labute approximate surface area is 190 Å². The summed E-state index contributed by atoms with van der Waals surface area (Å²) in [5.74, 6) is -2.22. The monoisotopic (exact) mass is 479 g/mol. The van der Waals surface area contributed by atoms with Gasteiger partial charge in [0.05, 0.1) is 10.6 Å². The lowest BCUT2D eigenvalue weighted by molar-refractivity contribution is -0.132. The molecule has 0 aromatic heterocycles. The fourth-order valence-electron chi connectivity index (χ4n) is 3.92. The predicted octanol–water partition coefficient (Wildman–Crippen LogP) is 2.00. The van der Waals surface area contributed by atoms with E-state index in [4.69, 9.17) is 4.74 Å². The average Bonchev–Trinajstić information content (AvgIpc) is 2.81. The van der Waals surface area contributed by atoms with Crippen molar-refractivity contribution in [3.05, 3.63) is 54.1 Å². The van der Waals surface area contributed by atoms with Gasteiger partial charge in [0.1, 0.15) is 5.75 Å². The molecule has 2 heterocycles. The minimum Gasteiger partial charge on any atom is -0.479 e. The molecule has 0 radical (unpaired) electrons. The zero-order chi connectivity index (χ0) is 23.8. The van der Waals surface area contributed by atoms with Crippen LogP contribution >= 0.6 is 0 Å². The molecule has 4 rings (SSSR count). The number of carbonyl (C=O) groups is 2. The number of ether oxygens (including phenoxy) is 1. The lowest BCUT2D eigenvalue weighted by Gasteiger charge is -2.35. The van der Waals surface area contributed by atoms with E-state index in [1.165, 1.54) is 9.80 Å². The first kappa shape index (κ1) is 23.1. The van der Waals surface area contributed by atoms with Crippen molar-refractivity contribution in [3.63, 3.8) is 0 Å². The molecule has 33 heavy (non-hydrogen) atoms. The Morgan fingerprint density at radius 1 is 1.06 bits per heavy atom. The Balaban J connectivity index is 1.36. The summed E-state index contributed by atoms with van der Waals surface area (Å²) in [6, 6.07) is 9.55. The van der Waals surface area contributed by atoms with E-state index in [-0.39, 0.29) is 55.9 Å². The zero-order valence-electron chi connectivity index (χ0n) is 17.9. The summed E-state index contributed by atoms with van der Waals surface area (Å²) >= 11 is 0. The molecule has 1 unspecified atom stereocenters. The number of para-hydroxylation sites is 2. The van der Waals surface area contributed by atoms with Crippen molar-refractivity contribution < 1.29 is 31.5 Å². The van der Waals surface area contributed by atoms with E-state index in [2.05, 4.69) is 0 Å². The van der Waals surface area contributed by atoms with Gasteiger partial charge in [0.2, 0.25) is 15.9 Å². The van der Waals surface area contributed by atoms with Gasteiger partial charge < -0.3 is 14.5 Å². The third-order valence-electron chi connectivity index (χ3n) is 5.74. The summed E-state index contributed by atoms with van der Waals surface area (Å²) in [5.41, 5.74) is 0.607. The molecule has 176 valence electrons. The summed E-state index contributed by atoms with van der Waals surface area (Å²) in [6.07, 6.45) is -0.581. The van der Waals surface area contributed by atoms with Crippen molar-refractivity contribution >= 4 is 27.5 Å². The first-order valence-electron chi connectivity index (χ1n) is 10.5. The highest BCUT2D eigenvalue weighted by molar-refractivity contribution is 7.89. The lowest BCUT2D eigenvalue weighted by Crippen LogP contribution is -2.51. The second kappa shape index (κ2) is 9.06. The van der Waals surface area contributed by atoms with Crippen molar-refractivity contribution in [3.8, 4) is 5.75 Å². The van der Waals surface area contributed by atoms with Gasteiger partial charge in [-0.05, 0) is 37.3 Å². The van der Waals surface area contributed by atoms with Crippen LogP contribution in [-0.2, 0) is 19.6 Å². The fraction of sp³-hybridized carbons (Fsp3) is 0.364. The molecule has 11 heteroatoms. The first-order valence-corrected chi connectivity index (χ1v) is 11.9. The van der Waals surface area contributed by atoms with E-state index in [1.54, 1.807) is 31.2 Å². The molecule has 8 nitrogen and oxygen atoms in total. The summed E-state index contributed by atoms with van der Waals surface area (Å²) in [4.78, 5) is 28.0. The number of amides is 2. The van der Waals surface area contributed by atoms with Gasteiger partial charge in [-0.15, -0.1) is 0 Å². The molecular weight excluding hydrogens is 456 g/mol. The van der Waals surface area contributed by atoms with Crippen LogP contribution in [0.15, 0.2) is 47.4 Å². The molecule has 0 N–H and O–H groups in total. The number of piperazine rings is 1. The minimum atomic E-state index is -4.00. The van der Waals surface area contributed by atoms with Crippen molar-refractivity contribution in [2.45, 2.75) is 24.3 Å². The number of hydrogen-bond donors (Lipinski definition) is 0. The van der Waals surface area contributed by atoms with E-state index in [1.807, 2.05) is 0 Å². The number of rotatable bonds is 5. The zero-order valence-corrected chi connectivity index (χ0v) is 18.7.